The van der Waals surface area contributed by atoms with Gasteiger partial charge in [-0.05, 0) is 42.3 Å². The fourth-order valence-corrected chi connectivity index (χ4v) is 3.61. The summed E-state index contributed by atoms with van der Waals surface area (Å²) in [5.41, 5.74) is 0.354. The molecule has 0 bridgehead atoms. The van der Waals surface area contributed by atoms with E-state index in [1.54, 1.807) is 17.8 Å². The minimum absolute atomic E-state index is 0.146. The first-order chi connectivity index (χ1) is 14.9. The molecule has 1 N–H and O–H groups in total. The Hall–Kier alpha value is -3.46. The van der Waals surface area contributed by atoms with Gasteiger partial charge in [0, 0.05) is 11.5 Å². The van der Waals surface area contributed by atoms with Crippen LogP contribution in [0, 0.1) is 11.6 Å². The molecule has 2 heterocycles. The molecule has 2 unspecified atom stereocenters. The fourth-order valence-electron chi connectivity index (χ4n) is 3.61. The second-order valence-electron chi connectivity index (χ2n) is 7.47. The van der Waals surface area contributed by atoms with E-state index in [2.05, 4.69) is 27.3 Å². The van der Waals surface area contributed by atoms with Gasteiger partial charge in [-0.15, -0.1) is 5.10 Å². The topological polar surface area (TPSA) is 81.7 Å². The van der Waals surface area contributed by atoms with Gasteiger partial charge in [0.1, 0.15) is 29.9 Å². The zero-order valence-corrected chi connectivity index (χ0v) is 17.2. The molecular formula is C22H22F2N6O. The molecule has 0 aliphatic rings. The van der Waals surface area contributed by atoms with Crippen molar-refractivity contribution in [2.24, 2.45) is 0 Å². The van der Waals surface area contributed by atoms with Gasteiger partial charge in [-0.25, -0.2) is 23.1 Å². The van der Waals surface area contributed by atoms with Gasteiger partial charge < -0.3 is 5.11 Å². The number of aliphatic hydroxyl groups is 1. The summed E-state index contributed by atoms with van der Waals surface area (Å²) in [6.07, 6.45) is 5.28. The molecule has 0 amide bonds. The maximum Gasteiger partial charge on any atom is 0.137 e. The molecule has 0 saturated carbocycles. The molecule has 7 nitrogen and oxygen atoms in total. The van der Waals surface area contributed by atoms with Crippen molar-refractivity contribution in [3.63, 3.8) is 0 Å². The molecule has 0 aliphatic heterocycles. The summed E-state index contributed by atoms with van der Waals surface area (Å²) in [7, 11) is 0. The summed E-state index contributed by atoms with van der Waals surface area (Å²) in [5, 5.41) is 24.1. The van der Waals surface area contributed by atoms with Crippen LogP contribution in [-0.4, -0.2) is 34.9 Å². The molecular weight excluding hydrogens is 402 g/mol. The van der Waals surface area contributed by atoms with E-state index in [1.165, 1.54) is 17.3 Å². The summed E-state index contributed by atoms with van der Waals surface area (Å²) >= 11 is 0. The molecule has 9 heteroatoms. The van der Waals surface area contributed by atoms with Gasteiger partial charge in [-0.1, -0.05) is 31.2 Å². The smallest absolute Gasteiger partial charge is 0.137 e. The molecule has 2 aromatic heterocycles. The highest BCUT2D eigenvalue weighted by Gasteiger charge is 2.41. The van der Waals surface area contributed by atoms with Crippen molar-refractivity contribution in [1.82, 2.24) is 29.8 Å². The van der Waals surface area contributed by atoms with Crippen LogP contribution < -0.4 is 0 Å². The van der Waals surface area contributed by atoms with E-state index < -0.39 is 23.2 Å². The Labute approximate surface area is 178 Å². The number of hydrogen-bond donors (Lipinski definition) is 1. The number of rotatable bonds is 7. The lowest BCUT2D eigenvalue weighted by molar-refractivity contribution is -0.0125. The van der Waals surface area contributed by atoms with Crippen LogP contribution in [0.25, 0.3) is 5.69 Å². The highest BCUT2D eigenvalue weighted by atomic mass is 19.1. The monoisotopic (exact) mass is 424 g/mol. The van der Waals surface area contributed by atoms with Crippen LogP contribution in [0.3, 0.4) is 0 Å². The average Bonchev–Trinajstić information content (AvgIpc) is 3.47. The molecule has 0 radical (unpaired) electrons. The Morgan fingerprint density at radius 3 is 2.74 bits per heavy atom. The molecule has 0 fully saturated rings. The molecule has 0 saturated heterocycles. The van der Waals surface area contributed by atoms with E-state index in [9.17, 15) is 13.9 Å². The molecule has 160 valence electrons. The Balaban J connectivity index is 1.75. The quantitative estimate of drug-likeness (QED) is 0.492. The minimum Gasteiger partial charge on any atom is -0.382 e. The normalized spacial score (nSPS) is 14.4. The summed E-state index contributed by atoms with van der Waals surface area (Å²) in [6, 6.07) is 10.9. The molecule has 2 atom stereocenters. The van der Waals surface area contributed by atoms with E-state index in [4.69, 9.17) is 0 Å². The predicted molar refractivity (Wildman–Crippen MR) is 109 cm³/mol. The lowest BCUT2D eigenvalue weighted by Crippen LogP contribution is -2.38. The fraction of sp³-hybridized carbons (Fsp3) is 0.273. The first-order valence-corrected chi connectivity index (χ1v) is 9.92. The van der Waals surface area contributed by atoms with Crippen LogP contribution in [-0.2, 0) is 18.6 Å². The van der Waals surface area contributed by atoms with E-state index >= 15 is 0 Å². The maximum atomic E-state index is 14.7. The Morgan fingerprint density at radius 1 is 1.16 bits per heavy atom. The SMILES string of the molecule is CCc1cccc(-n2cc(C(C)C(O)(Cn3cncn3)c3cc(F)ccc3F)nn2)c1. The van der Waals surface area contributed by atoms with Crippen molar-refractivity contribution in [2.75, 3.05) is 0 Å². The molecule has 31 heavy (non-hydrogen) atoms. The molecule has 0 spiro atoms. The van der Waals surface area contributed by atoms with Crippen LogP contribution in [0.1, 0.15) is 36.6 Å². The average molecular weight is 424 g/mol. The van der Waals surface area contributed by atoms with Gasteiger partial charge in [0.2, 0.25) is 0 Å². The lowest BCUT2D eigenvalue weighted by atomic mass is 9.80. The summed E-state index contributed by atoms with van der Waals surface area (Å²) in [4.78, 5) is 3.87. The molecule has 4 rings (SSSR count). The second-order valence-corrected chi connectivity index (χ2v) is 7.47. The molecule has 4 aromatic rings. The van der Waals surface area contributed by atoms with Crippen molar-refractivity contribution >= 4 is 0 Å². The Bertz CT molecular complexity index is 1180. The number of hydrogen-bond acceptors (Lipinski definition) is 5. The van der Waals surface area contributed by atoms with Crippen molar-refractivity contribution in [2.45, 2.75) is 38.3 Å². The first-order valence-electron chi connectivity index (χ1n) is 9.92. The third-order valence-corrected chi connectivity index (χ3v) is 5.52. The Morgan fingerprint density at radius 2 is 2.00 bits per heavy atom. The van der Waals surface area contributed by atoms with Gasteiger partial charge in [0.25, 0.3) is 0 Å². The minimum atomic E-state index is -1.86. The van der Waals surface area contributed by atoms with Gasteiger partial charge in [0.05, 0.1) is 24.1 Å². The van der Waals surface area contributed by atoms with Crippen LogP contribution in [0.4, 0.5) is 8.78 Å². The lowest BCUT2D eigenvalue weighted by Gasteiger charge is -2.33. The highest BCUT2D eigenvalue weighted by Crippen LogP contribution is 2.39. The standard InChI is InChI=1S/C22H22F2N6O/c1-3-16-5-4-6-18(9-16)30-11-21(27-28-30)15(2)22(31,12-29-14-25-13-26-29)19-10-17(23)7-8-20(19)24/h4-11,13-15,31H,3,12H2,1-2H3. The summed E-state index contributed by atoms with van der Waals surface area (Å²) < 4.78 is 31.7. The van der Waals surface area contributed by atoms with Gasteiger partial charge in [-0.2, -0.15) is 5.10 Å². The Kier molecular flexibility index (Phi) is 5.60. The third-order valence-electron chi connectivity index (χ3n) is 5.52. The van der Waals surface area contributed by atoms with Crippen molar-refractivity contribution in [3.8, 4) is 5.69 Å². The summed E-state index contributed by atoms with van der Waals surface area (Å²) in [6.45, 7) is 3.61. The molecule has 0 aliphatic carbocycles. The highest BCUT2D eigenvalue weighted by molar-refractivity contribution is 5.36. The van der Waals surface area contributed by atoms with Crippen molar-refractivity contribution in [1.29, 1.82) is 0 Å². The number of nitrogens with zero attached hydrogens (tertiary/aromatic N) is 6. The van der Waals surface area contributed by atoms with Crippen molar-refractivity contribution in [3.05, 3.63) is 89.8 Å². The van der Waals surface area contributed by atoms with Gasteiger partial charge >= 0.3 is 0 Å². The van der Waals surface area contributed by atoms with Crippen LogP contribution in [0.15, 0.2) is 61.3 Å². The number of benzene rings is 2. The number of aromatic nitrogens is 6. The van der Waals surface area contributed by atoms with Gasteiger partial charge in [0.15, 0.2) is 0 Å². The van der Waals surface area contributed by atoms with E-state index in [-0.39, 0.29) is 12.1 Å². The van der Waals surface area contributed by atoms with Crippen LogP contribution in [0.2, 0.25) is 0 Å². The van der Waals surface area contributed by atoms with Crippen molar-refractivity contribution < 1.29 is 13.9 Å². The third kappa shape index (κ3) is 4.09. The van der Waals surface area contributed by atoms with Gasteiger partial charge in [-0.3, -0.25) is 0 Å². The largest absolute Gasteiger partial charge is 0.382 e. The second kappa shape index (κ2) is 8.35. The van der Waals surface area contributed by atoms with Crippen LogP contribution >= 0.6 is 0 Å². The zero-order chi connectivity index (χ0) is 22.0. The van der Waals surface area contributed by atoms with E-state index in [0.29, 0.717) is 5.69 Å². The predicted octanol–water partition coefficient (Wildman–Crippen LogP) is 3.39. The number of aryl methyl sites for hydroxylation is 1. The maximum absolute atomic E-state index is 14.7. The van der Waals surface area contributed by atoms with E-state index in [1.807, 2.05) is 24.3 Å². The number of halogens is 2. The molecule has 2 aromatic carbocycles. The summed E-state index contributed by atoms with van der Waals surface area (Å²) in [5.74, 6) is -2.12. The van der Waals surface area contributed by atoms with E-state index in [0.717, 1.165) is 35.9 Å². The zero-order valence-electron chi connectivity index (χ0n) is 17.2. The van der Waals surface area contributed by atoms with Crippen LogP contribution in [0.5, 0.6) is 0 Å². The first kappa shape index (κ1) is 20.8.